The molecule has 3 rings (SSSR count). The Labute approximate surface area is 148 Å². The molecule has 1 fully saturated rings. The minimum absolute atomic E-state index is 0.195. The number of ether oxygens (including phenoxy) is 2. The van der Waals surface area contributed by atoms with Gasteiger partial charge in [-0.3, -0.25) is 4.90 Å². The molecule has 1 aliphatic heterocycles. The predicted molar refractivity (Wildman–Crippen MR) is 96.2 cm³/mol. The van der Waals surface area contributed by atoms with Crippen LogP contribution >= 0.6 is 0 Å². The molecule has 2 aromatic carbocycles. The second kappa shape index (κ2) is 8.94. The van der Waals surface area contributed by atoms with E-state index in [2.05, 4.69) is 22.3 Å². The molecule has 25 heavy (non-hydrogen) atoms. The predicted octanol–water partition coefficient (Wildman–Crippen LogP) is 3.00. The summed E-state index contributed by atoms with van der Waals surface area (Å²) in [6, 6.07) is 15.2. The normalized spacial score (nSPS) is 16.6. The Kier molecular flexibility index (Phi) is 6.39. The number of methoxy groups -OCH3 is 1. The SMILES string of the molecule is COc1ccc(C(CNCc2cccc(F)c2)N2CCOCC2)cc1. The fourth-order valence-electron chi connectivity index (χ4n) is 3.17. The number of hydrogen-bond donors (Lipinski definition) is 1. The van der Waals surface area contributed by atoms with Gasteiger partial charge in [-0.15, -0.1) is 0 Å². The second-order valence-electron chi connectivity index (χ2n) is 6.20. The molecule has 0 amide bonds. The summed E-state index contributed by atoms with van der Waals surface area (Å²) in [6.07, 6.45) is 0. The maximum atomic E-state index is 13.3. The largest absolute Gasteiger partial charge is 0.497 e. The first-order chi connectivity index (χ1) is 12.3. The highest BCUT2D eigenvalue weighted by atomic mass is 19.1. The topological polar surface area (TPSA) is 33.7 Å². The first-order valence-corrected chi connectivity index (χ1v) is 8.67. The van der Waals surface area contributed by atoms with Gasteiger partial charge in [0, 0.05) is 32.2 Å². The van der Waals surface area contributed by atoms with E-state index in [9.17, 15) is 4.39 Å². The van der Waals surface area contributed by atoms with E-state index in [1.807, 2.05) is 18.2 Å². The summed E-state index contributed by atoms with van der Waals surface area (Å²) in [4.78, 5) is 2.43. The van der Waals surface area contributed by atoms with E-state index in [4.69, 9.17) is 9.47 Å². The van der Waals surface area contributed by atoms with Crippen molar-refractivity contribution in [2.24, 2.45) is 0 Å². The Morgan fingerprint density at radius 3 is 2.60 bits per heavy atom. The van der Waals surface area contributed by atoms with Gasteiger partial charge in [0.1, 0.15) is 11.6 Å². The summed E-state index contributed by atoms with van der Waals surface area (Å²) < 4.78 is 24.1. The van der Waals surface area contributed by atoms with Crippen molar-refractivity contribution in [2.75, 3.05) is 40.0 Å². The van der Waals surface area contributed by atoms with Crippen LogP contribution in [0.15, 0.2) is 48.5 Å². The number of morpholine rings is 1. The monoisotopic (exact) mass is 344 g/mol. The van der Waals surface area contributed by atoms with Gasteiger partial charge < -0.3 is 14.8 Å². The highest BCUT2D eigenvalue weighted by molar-refractivity contribution is 5.29. The van der Waals surface area contributed by atoms with E-state index < -0.39 is 0 Å². The molecule has 0 aliphatic carbocycles. The number of benzene rings is 2. The standard InChI is InChI=1S/C20H25FN2O2/c1-24-19-7-5-17(6-8-19)20(23-9-11-25-12-10-23)15-22-14-16-3-2-4-18(21)13-16/h2-8,13,20,22H,9-12,14-15H2,1H3. The Balaban J connectivity index is 1.67. The Morgan fingerprint density at radius 2 is 1.92 bits per heavy atom. The van der Waals surface area contributed by atoms with Crippen molar-refractivity contribution in [3.8, 4) is 5.75 Å². The first-order valence-electron chi connectivity index (χ1n) is 8.67. The maximum absolute atomic E-state index is 13.3. The molecule has 2 aromatic rings. The highest BCUT2D eigenvalue weighted by Crippen LogP contribution is 2.23. The zero-order valence-electron chi connectivity index (χ0n) is 14.6. The molecule has 0 saturated carbocycles. The van der Waals surface area contributed by atoms with Crippen LogP contribution in [0.5, 0.6) is 5.75 Å². The van der Waals surface area contributed by atoms with Gasteiger partial charge in [0.05, 0.1) is 20.3 Å². The number of nitrogens with one attached hydrogen (secondary N) is 1. The zero-order valence-corrected chi connectivity index (χ0v) is 14.6. The summed E-state index contributed by atoms with van der Waals surface area (Å²) in [5.74, 6) is 0.663. The van der Waals surface area contributed by atoms with Crippen LogP contribution < -0.4 is 10.1 Å². The molecule has 1 heterocycles. The smallest absolute Gasteiger partial charge is 0.123 e. The minimum atomic E-state index is -0.195. The lowest BCUT2D eigenvalue weighted by Gasteiger charge is -2.35. The van der Waals surface area contributed by atoms with E-state index >= 15 is 0 Å². The fourth-order valence-corrected chi connectivity index (χ4v) is 3.17. The van der Waals surface area contributed by atoms with Crippen molar-refractivity contribution < 1.29 is 13.9 Å². The lowest BCUT2D eigenvalue weighted by molar-refractivity contribution is 0.0161. The molecule has 0 bridgehead atoms. The number of nitrogens with zero attached hydrogens (tertiary/aromatic N) is 1. The quantitative estimate of drug-likeness (QED) is 0.837. The molecule has 1 N–H and O–H groups in total. The van der Waals surface area contributed by atoms with Crippen LogP contribution in [0.3, 0.4) is 0 Å². The number of hydrogen-bond acceptors (Lipinski definition) is 4. The van der Waals surface area contributed by atoms with Crippen molar-refractivity contribution in [3.05, 3.63) is 65.5 Å². The van der Waals surface area contributed by atoms with E-state index in [-0.39, 0.29) is 11.9 Å². The Hall–Kier alpha value is -1.95. The first kappa shape index (κ1) is 17.9. The number of rotatable bonds is 7. The molecular formula is C20H25FN2O2. The molecule has 0 radical (unpaired) electrons. The van der Waals surface area contributed by atoms with Gasteiger partial charge in [0.25, 0.3) is 0 Å². The van der Waals surface area contributed by atoms with Crippen molar-refractivity contribution in [2.45, 2.75) is 12.6 Å². The van der Waals surface area contributed by atoms with Crippen molar-refractivity contribution in [3.63, 3.8) is 0 Å². The van der Waals surface area contributed by atoms with E-state index in [1.165, 1.54) is 11.6 Å². The summed E-state index contributed by atoms with van der Waals surface area (Å²) in [7, 11) is 1.68. The average molecular weight is 344 g/mol. The van der Waals surface area contributed by atoms with Crippen LogP contribution in [0.1, 0.15) is 17.2 Å². The summed E-state index contributed by atoms with van der Waals surface area (Å²) >= 11 is 0. The second-order valence-corrected chi connectivity index (χ2v) is 6.20. The molecule has 4 nitrogen and oxygen atoms in total. The molecule has 134 valence electrons. The lowest BCUT2D eigenvalue weighted by atomic mass is 10.0. The van der Waals surface area contributed by atoms with Gasteiger partial charge in [-0.2, -0.15) is 0 Å². The molecule has 1 atom stereocenters. The van der Waals surface area contributed by atoms with Crippen molar-refractivity contribution in [1.82, 2.24) is 10.2 Å². The third-order valence-electron chi connectivity index (χ3n) is 4.54. The molecule has 5 heteroatoms. The van der Waals surface area contributed by atoms with Crippen molar-refractivity contribution in [1.29, 1.82) is 0 Å². The zero-order chi connectivity index (χ0) is 17.5. The van der Waals surface area contributed by atoms with Crippen LogP contribution in [0.25, 0.3) is 0 Å². The van der Waals surface area contributed by atoms with Crippen molar-refractivity contribution >= 4 is 0 Å². The van der Waals surface area contributed by atoms with Gasteiger partial charge >= 0.3 is 0 Å². The van der Waals surface area contributed by atoms with E-state index in [1.54, 1.807) is 19.2 Å². The highest BCUT2D eigenvalue weighted by Gasteiger charge is 2.22. The molecular weight excluding hydrogens is 319 g/mol. The minimum Gasteiger partial charge on any atom is -0.497 e. The van der Waals surface area contributed by atoms with Gasteiger partial charge in [0.2, 0.25) is 0 Å². The Morgan fingerprint density at radius 1 is 1.16 bits per heavy atom. The van der Waals surface area contributed by atoms with E-state index in [0.717, 1.165) is 44.2 Å². The molecule has 0 aromatic heterocycles. The van der Waals surface area contributed by atoms with Gasteiger partial charge in [-0.1, -0.05) is 24.3 Å². The van der Waals surface area contributed by atoms with Crippen LogP contribution in [-0.4, -0.2) is 44.9 Å². The van der Waals surface area contributed by atoms with Crippen LogP contribution in [0, 0.1) is 5.82 Å². The lowest BCUT2D eigenvalue weighted by Crippen LogP contribution is -2.42. The number of halogens is 1. The average Bonchev–Trinajstić information content (AvgIpc) is 2.66. The maximum Gasteiger partial charge on any atom is 0.123 e. The van der Waals surface area contributed by atoms with Crippen LogP contribution in [-0.2, 0) is 11.3 Å². The Bertz CT molecular complexity index is 657. The van der Waals surface area contributed by atoms with Crippen LogP contribution in [0.2, 0.25) is 0 Å². The van der Waals surface area contributed by atoms with Gasteiger partial charge in [-0.25, -0.2) is 4.39 Å². The van der Waals surface area contributed by atoms with Gasteiger partial charge in [-0.05, 0) is 35.4 Å². The molecule has 1 aliphatic rings. The summed E-state index contributed by atoms with van der Waals surface area (Å²) in [5, 5.41) is 3.47. The summed E-state index contributed by atoms with van der Waals surface area (Å²) in [6.45, 7) is 4.79. The molecule has 1 unspecified atom stereocenters. The van der Waals surface area contributed by atoms with E-state index in [0.29, 0.717) is 6.54 Å². The molecule has 1 saturated heterocycles. The third-order valence-corrected chi connectivity index (χ3v) is 4.54. The third kappa shape index (κ3) is 5.01. The fraction of sp³-hybridized carbons (Fsp3) is 0.400. The summed E-state index contributed by atoms with van der Waals surface area (Å²) in [5.41, 5.74) is 2.20. The van der Waals surface area contributed by atoms with Crippen LogP contribution in [0.4, 0.5) is 4.39 Å². The molecule has 0 spiro atoms. The van der Waals surface area contributed by atoms with Gasteiger partial charge in [0.15, 0.2) is 0 Å².